The van der Waals surface area contributed by atoms with Gasteiger partial charge in [0.2, 0.25) is 11.0 Å². The van der Waals surface area contributed by atoms with Gasteiger partial charge in [0.15, 0.2) is 0 Å². The number of methoxy groups -OCH3 is 2. The fourth-order valence-corrected chi connectivity index (χ4v) is 3.61. The summed E-state index contributed by atoms with van der Waals surface area (Å²) < 4.78 is 15.9. The Labute approximate surface area is 183 Å². The first-order chi connectivity index (χ1) is 15.0. The van der Waals surface area contributed by atoms with E-state index in [4.69, 9.17) is 26.1 Å². The molecule has 1 aliphatic heterocycles. The minimum Gasteiger partial charge on any atom is -0.497 e. The number of fused-ring (bicyclic) bond motifs is 1. The van der Waals surface area contributed by atoms with Crippen LogP contribution in [-0.2, 0) is 16.1 Å². The zero-order valence-corrected chi connectivity index (χ0v) is 17.6. The van der Waals surface area contributed by atoms with Gasteiger partial charge in [-0.3, -0.25) is 14.5 Å². The number of anilines is 1. The van der Waals surface area contributed by atoms with E-state index < -0.39 is 5.92 Å². The quantitative estimate of drug-likeness (QED) is 0.699. The van der Waals surface area contributed by atoms with Gasteiger partial charge in [-0.2, -0.15) is 0 Å². The minimum absolute atomic E-state index is 0.0599. The highest BCUT2D eigenvalue weighted by Crippen LogP contribution is 2.36. The average molecular weight is 437 g/mol. The zero-order valence-electron chi connectivity index (χ0n) is 16.8. The Kier molecular flexibility index (Phi) is 5.68. The number of carbonyl (C=O) groups is 2. The lowest BCUT2D eigenvalue weighted by molar-refractivity contribution is -0.119. The maximum absolute atomic E-state index is 13.3. The van der Waals surface area contributed by atoms with E-state index in [1.54, 1.807) is 48.6 Å². The molecule has 2 aliphatic rings. The molecule has 31 heavy (non-hydrogen) atoms. The summed E-state index contributed by atoms with van der Waals surface area (Å²) in [5.41, 5.74) is 1.24. The molecule has 1 aromatic carbocycles. The van der Waals surface area contributed by atoms with Gasteiger partial charge >= 0.3 is 0 Å². The van der Waals surface area contributed by atoms with Crippen LogP contribution in [0.1, 0.15) is 5.76 Å². The Morgan fingerprint density at radius 2 is 2.13 bits per heavy atom. The summed E-state index contributed by atoms with van der Waals surface area (Å²) in [4.78, 5) is 31.5. The van der Waals surface area contributed by atoms with E-state index in [0.29, 0.717) is 34.2 Å². The molecule has 8 nitrogen and oxygen atoms in total. The molecule has 0 radical (unpaired) electrons. The first-order valence-electron chi connectivity index (χ1n) is 9.41. The number of nitrogens with one attached hydrogen (secondary N) is 1. The number of benzene rings is 1. The van der Waals surface area contributed by atoms with Gasteiger partial charge in [-0.1, -0.05) is 12.2 Å². The van der Waals surface area contributed by atoms with Gasteiger partial charge in [-0.25, -0.2) is 4.99 Å². The lowest BCUT2D eigenvalue weighted by atomic mass is 9.91. The number of amides is 2. The van der Waals surface area contributed by atoms with Crippen LogP contribution in [-0.4, -0.2) is 36.9 Å². The van der Waals surface area contributed by atoms with Gasteiger partial charge in [0.05, 0.1) is 44.3 Å². The predicted molar refractivity (Wildman–Crippen MR) is 118 cm³/mol. The van der Waals surface area contributed by atoms with Crippen molar-refractivity contribution in [1.82, 2.24) is 5.32 Å². The molecule has 2 aromatic rings. The van der Waals surface area contributed by atoms with Crippen molar-refractivity contribution < 1.29 is 23.5 Å². The molecule has 0 saturated heterocycles. The maximum Gasteiger partial charge on any atom is 0.251 e. The van der Waals surface area contributed by atoms with E-state index in [1.165, 1.54) is 25.4 Å². The first kappa shape index (κ1) is 20.5. The summed E-state index contributed by atoms with van der Waals surface area (Å²) in [5.74, 6) is 0.400. The fraction of sp³-hybridized carbons (Fsp3) is 0.182. The van der Waals surface area contributed by atoms with Gasteiger partial charge in [0.1, 0.15) is 17.3 Å². The third-order valence-electron chi connectivity index (χ3n) is 4.89. The van der Waals surface area contributed by atoms with Crippen molar-refractivity contribution in [2.45, 2.75) is 6.54 Å². The summed E-state index contributed by atoms with van der Waals surface area (Å²) in [6.07, 6.45) is 6.36. The summed E-state index contributed by atoms with van der Waals surface area (Å²) in [6.45, 7) is 0.258. The second kappa shape index (κ2) is 8.57. The van der Waals surface area contributed by atoms with Crippen LogP contribution < -0.4 is 19.7 Å². The van der Waals surface area contributed by atoms with Crippen LogP contribution in [0, 0.1) is 5.92 Å². The molecule has 2 amide bonds. The normalized spacial score (nSPS) is 17.6. The second-order valence-electron chi connectivity index (χ2n) is 6.73. The minimum atomic E-state index is -0.663. The van der Waals surface area contributed by atoms with Crippen molar-refractivity contribution in [3.63, 3.8) is 0 Å². The third kappa shape index (κ3) is 3.99. The maximum atomic E-state index is 13.3. The Hall–Kier alpha value is -3.72. The van der Waals surface area contributed by atoms with Crippen LogP contribution in [0.3, 0.4) is 0 Å². The highest BCUT2D eigenvalue weighted by molar-refractivity contribution is 7.80. The van der Waals surface area contributed by atoms with Crippen LogP contribution in [0.4, 0.5) is 5.69 Å². The highest BCUT2D eigenvalue weighted by Gasteiger charge is 2.37. The molecule has 1 N–H and O–H groups in total. The van der Waals surface area contributed by atoms with Crippen molar-refractivity contribution >= 4 is 40.5 Å². The Morgan fingerprint density at radius 3 is 2.84 bits per heavy atom. The van der Waals surface area contributed by atoms with E-state index in [9.17, 15) is 9.59 Å². The molecule has 0 saturated carbocycles. The number of allylic oxidation sites excluding steroid dienone is 1. The number of hydrogen-bond donors (Lipinski definition) is 1. The standard InChI is InChI=1S/C22H19N3O5S/c1-28-14-6-8-19(29-2)18(11-14)25-21(27)16-7-5-13(10-17(16)24-22(25)31)20(26)23-12-15-4-3-9-30-15/h3-11,16H,12H2,1-2H3,(H,23,26). The number of rotatable bonds is 6. The number of carbonyl (C=O) groups excluding carboxylic acids is 2. The van der Waals surface area contributed by atoms with Crippen molar-refractivity contribution in [2.75, 3.05) is 19.1 Å². The molecule has 4 rings (SSSR count). The molecule has 1 atom stereocenters. The number of ether oxygens (including phenoxy) is 2. The molecule has 1 aromatic heterocycles. The number of thiocarbonyl (C=S) groups is 1. The monoisotopic (exact) mass is 437 g/mol. The molecular weight excluding hydrogens is 418 g/mol. The summed E-state index contributed by atoms with van der Waals surface area (Å²) in [5, 5.41) is 2.83. The lowest BCUT2D eigenvalue weighted by Crippen LogP contribution is -2.46. The smallest absolute Gasteiger partial charge is 0.251 e. The summed E-state index contributed by atoms with van der Waals surface area (Å²) >= 11 is 5.41. The zero-order chi connectivity index (χ0) is 22.0. The largest absolute Gasteiger partial charge is 0.497 e. The lowest BCUT2D eigenvalue weighted by Gasteiger charge is -2.31. The van der Waals surface area contributed by atoms with Crippen molar-refractivity contribution in [3.8, 4) is 11.5 Å². The van der Waals surface area contributed by atoms with Gasteiger partial charge in [0.25, 0.3) is 5.91 Å². The molecular formula is C22H19N3O5S. The molecule has 1 aliphatic carbocycles. The molecule has 158 valence electrons. The van der Waals surface area contributed by atoms with Crippen molar-refractivity contribution in [3.05, 3.63) is 66.2 Å². The van der Waals surface area contributed by atoms with Crippen molar-refractivity contribution in [1.29, 1.82) is 0 Å². The summed E-state index contributed by atoms with van der Waals surface area (Å²) in [7, 11) is 3.04. The fourth-order valence-electron chi connectivity index (χ4n) is 3.32. The van der Waals surface area contributed by atoms with E-state index in [1.807, 2.05) is 0 Å². The molecule has 1 unspecified atom stereocenters. The molecule has 0 bridgehead atoms. The second-order valence-corrected chi connectivity index (χ2v) is 7.09. The Morgan fingerprint density at radius 1 is 1.29 bits per heavy atom. The van der Waals surface area contributed by atoms with Gasteiger partial charge in [-0.05, 0) is 42.6 Å². The third-order valence-corrected chi connectivity index (χ3v) is 5.16. The predicted octanol–water partition coefficient (Wildman–Crippen LogP) is 2.80. The van der Waals surface area contributed by atoms with Gasteiger partial charge < -0.3 is 19.2 Å². The van der Waals surface area contributed by atoms with E-state index in [2.05, 4.69) is 10.3 Å². The SMILES string of the molecule is COc1ccc(OC)c(N2C(=O)C3C=CC(C(=O)NCc4ccco4)=CC3=NC2=S)c1. The van der Waals surface area contributed by atoms with Crippen LogP contribution in [0.2, 0.25) is 0 Å². The molecule has 9 heteroatoms. The van der Waals surface area contributed by atoms with E-state index in [0.717, 1.165) is 0 Å². The van der Waals surface area contributed by atoms with Gasteiger partial charge in [-0.15, -0.1) is 0 Å². The molecule has 2 heterocycles. The van der Waals surface area contributed by atoms with Crippen LogP contribution in [0.25, 0.3) is 0 Å². The molecule has 0 fully saturated rings. The molecule has 0 spiro atoms. The summed E-state index contributed by atoms with van der Waals surface area (Å²) in [6, 6.07) is 8.61. The Balaban J connectivity index is 1.59. The topological polar surface area (TPSA) is 93.4 Å². The average Bonchev–Trinajstić information content (AvgIpc) is 3.30. The van der Waals surface area contributed by atoms with Crippen LogP contribution in [0.5, 0.6) is 11.5 Å². The number of hydrogen-bond acceptors (Lipinski definition) is 6. The number of furan rings is 1. The number of aliphatic imine (C=N–C) groups is 1. The van der Waals surface area contributed by atoms with E-state index >= 15 is 0 Å². The van der Waals surface area contributed by atoms with Crippen LogP contribution >= 0.6 is 12.2 Å². The van der Waals surface area contributed by atoms with Crippen molar-refractivity contribution in [2.24, 2.45) is 10.9 Å². The van der Waals surface area contributed by atoms with Crippen LogP contribution in [0.15, 0.2) is 69.8 Å². The van der Waals surface area contributed by atoms with Gasteiger partial charge in [0, 0.05) is 11.6 Å². The first-order valence-corrected chi connectivity index (χ1v) is 9.81. The highest BCUT2D eigenvalue weighted by atomic mass is 32.1. The number of nitrogens with zero attached hydrogens (tertiary/aromatic N) is 2. The van der Waals surface area contributed by atoms with E-state index in [-0.39, 0.29) is 23.5 Å². The Bertz CT molecular complexity index is 1130.